The van der Waals surface area contributed by atoms with E-state index >= 15 is 0 Å². The topological polar surface area (TPSA) is 110 Å². The third kappa shape index (κ3) is 5.98. The number of ether oxygens (including phenoxy) is 2. The Bertz CT molecular complexity index is 636. The third-order valence-electron chi connectivity index (χ3n) is 5.37. The molecule has 2 aliphatic rings. The number of hydrogen-bond acceptors (Lipinski definition) is 6. The van der Waals surface area contributed by atoms with Crippen molar-refractivity contribution in [2.45, 2.75) is 56.9 Å². The van der Waals surface area contributed by atoms with Crippen LogP contribution in [0.5, 0.6) is 0 Å². The maximum atomic E-state index is 12.4. The van der Waals surface area contributed by atoms with E-state index in [-0.39, 0.29) is 42.9 Å². The molecule has 0 aromatic carbocycles. The van der Waals surface area contributed by atoms with Gasteiger partial charge in [-0.1, -0.05) is 0 Å². The Morgan fingerprint density at radius 3 is 2.61 bits per heavy atom. The van der Waals surface area contributed by atoms with Crippen LogP contribution < -0.4 is 10.6 Å². The number of carbonyl (C=O) groups excluding carboxylic acids is 2. The number of nitrogens with zero attached hydrogens (tertiary/aromatic N) is 1. The van der Waals surface area contributed by atoms with E-state index in [0.29, 0.717) is 32.6 Å². The molecule has 2 fully saturated rings. The second kappa shape index (κ2) is 10.5. The first kappa shape index (κ1) is 20.7. The summed E-state index contributed by atoms with van der Waals surface area (Å²) in [4.78, 5) is 28.6. The predicted molar refractivity (Wildman–Crippen MR) is 101 cm³/mol. The van der Waals surface area contributed by atoms with Gasteiger partial charge in [0.25, 0.3) is 0 Å². The van der Waals surface area contributed by atoms with E-state index in [1.165, 1.54) is 0 Å². The van der Waals surface area contributed by atoms with Gasteiger partial charge in [-0.2, -0.15) is 0 Å². The molecule has 8 heteroatoms. The van der Waals surface area contributed by atoms with E-state index < -0.39 is 6.10 Å². The number of rotatable bonds is 7. The molecule has 3 N–H and O–H groups in total. The van der Waals surface area contributed by atoms with Crippen molar-refractivity contribution in [3.63, 3.8) is 0 Å². The summed E-state index contributed by atoms with van der Waals surface area (Å²) < 4.78 is 11.2. The molecule has 2 aliphatic heterocycles. The summed E-state index contributed by atoms with van der Waals surface area (Å²) in [5.74, 6) is -0.128. The summed E-state index contributed by atoms with van der Waals surface area (Å²) in [5.41, 5.74) is 0.983. The Balaban J connectivity index is 1.43. The molecule has 1 aromatic rings. The number of hydrogen-bond donors (Lipinski definition) is 3. The molecule has 0 bridgehead atoms. The normalized spacial score (nSPS) is 25.8. The van der Waals surface area contributed by atoms with Gasteiger partial charge in [-0.3, -0.25) is 14.6 Å². The van der Waals surface area contributed by atoms with Crippen molar-refractivity contribution in [1.29, 1.82) is 0 Å². The Morgan fingerprint density at radius 1 is 1.14 bits per heavy atom. The molecule has 0 aliphatic carbocycles. The maximum Gasteiger partial charge on any atom is 0.223 e. The minimum atomic E-state index is -0.490. The maximum absolute atomic E-state index is 12.4. The van der Waals surface area contributed by atoms with E-state index in [4.69, 9.17) is 9.47 Å². The van der Waals surface area contributed by atoms with Crippen molar-refractivity contribution in [3.8, 4) is 0 Å². The molecule has 0 unspecified atom stereocenters. The molecule has 0 saturated carbocycles. The average molecular weight is 391 g/mol. The molecule has 3 rings (SSSR count). The minimum Gasteiger partial charge on any atom is -0.394 e. The highest BCUT2D eigenvalue weighted by molar-refractivity contribution is 5.79. The number of pyridine rings is 1. The highest BCUT2D eigenvalue weighted by atomic mass is 16.5. The van der Waals surface area contributed by atoms with Gasteiger partial charge >= 0.3 is 0 Å². The highest BCUT2D eigenvalue weighted by Crippen LogP contribution is 2.23. The van der Waals surface area contributed by atoms with Gasteiger partial charge in [0, 0.05) is 38.1 Å². The smallest absolute Gasteiger partial charge is 0.223 e. The largest absolute Gasteiger partial charge is 0.394 e. The van der Waals surface area contributed by atoms with Crippen LogP contribution in [0.25, 0.3) is 0 Å². The lowest BCUT2D eigenvalue weighted by Crippen LogP contribution is -2.53. The van der Waals surface area contributed by atoms with Gasteiger partial charge in [0.15, 0.2) is 0 Å². The monoisotopic (exact) mass is 391 g/mol. The van der Waals surface area contributed by atoms with Crippen molar-refractivity contribution in [3.05, 3.63) is 30.1 Å². The number of aliphatic hydroxyl groups is 1. The summed E-state index contributed by atoms with van der Waals surface area (Å²) in [6.07, 6.45) is 5.66. The van der Waals surface area contributed by atoms with Crippen LogP contribution in [0.3, 0.4) is 0 Å². The van der Waals surface area contributed by atoms with Crippen LogP contribution in [-0.4, -0.2) is 60.0 Å². The number of aromatic nitrogens is 1. The Hall–Kier alpha value is -2.03. The average Bonchev–Trinajstić information content (AvgIpc) is 2.74. The summed E-state index contributed by atoms with van der Waals surface area (Å²) in [6, 6.07) is 3.48. The number of aliphatic hydroxyl groups excluding tert-OH is 1. The zero-order valence-corrected chi connectivity index (χ0v) is 16.0. The molecule has 154 valence electrons. The molecule has 0 spiro atoms. The second-order valence-corrected chi connectivity index (χ2v) is 7.39. The molecule has 2 amide bonds. The highest BCUT2D eigenvalue weighted by Gasteiger charge is 2.34. The fraction of sp³-hybridized carbons (Fsp3) is 0.650. The van der Waals surface area contributed by atoms with Crippen LogP contribution in [-0.2, 0) is 25.6 Å². The predicted octanol–water partition coefficient (Wildman–Crippen LogP) is 0.539. The summed E-state index contributed by atoms with van der Waals surface area (Å²) in [7, 11) is 0. The van der Waals surface area contributed by atoms with Crippen molar-refractivity contribution in [2.75, 3.05) is 19.8 Å². The fourth-order valence-corrected chi connectivity index (χ4v) is 3.69. The van der Waals surface area contributed by atoms with E-state index in [1.807, 2.05) is 12.1 Å². The first-order valence-corrected chi connectivity index (χ1v) is 9.95. The van der Waals surface area contributed by atoms with Crippen LogP contribution in [0.15, 0.2) is 24.5 Å². The summed E-state index contributed by atoms with van der Waals surface area (Å²) in [5, 5.41) is 15.6. The lowest BCUT2D eigenvalue weighted by atomic mass is 9.94. The molecule has 2 saturated heterocycles. The molecule has 1 aromatic heterocycles. The molecule has 3 atom stereocenters. The van der Waals surface area contributed by atoms with Gasteiger partial charge in [0.1, 0.15) is 6.10 Å². The minimum absolute atomic E-state index is 0.00361. The van der Waals surface area contributed by atoms with Crippen molar-refractivity contribution < 1.29 is 24.2 Å². The first-order valence-electron chi connectivity index (χ1n) is 9.95. The van der Waals surface area contributed by atoms with Gasteiger partial charge < -0.3 is 25.2 Å². The Labute approximate surface area is 165 Å². The first-order chi connectivity index (χ1) is 13.7. The molecular formula is C20H29N3O5. The van der Waals surface area contributed by atoms with Gasteiger partial charge in [0.2, 0.25) is 11.8 Å². The van der Waals surface area contributed by atoms with Crippen LogP contribution >= 0.6 is 0 Å². The SMILES string of the molecule is O=C(C[C@@H]1CC[C@@H](NC(=O)C2CCOCC2)[C@H](CO)O1)NCc1ccncc1. The van der Waals surface area contributed by atoms with Crippen molar-refractivity contribution >= 4 is 11.8 Å². The lowest BCUT2D eigenvalue weighted by Gasteiger charge is -2.37. The Kier molecular flexibility index (Phi) is 7.76. The van der Waals surface area contributed by atoms with Crippen molar-refractivity contribution in [1.82, 2.24) is 15.6 Å². The zero-order valence-electron chi connectivity index (χ0n) is 16.0. The number of amides is 2. The number of carbonyl (C=O) groups is 2. The zero-order chi connectivity index (χ0) is 19.8. The molecule has 0 radical (unpaired) electrons. The van der Waals surface area contributed by atoms with Gasteiger partial charge in [-0.05, 0) is 43.4 Å². The Morgan fingerprint density at radius 2 is 1.89 bits per heavy atom. The van der Waals surface area contributed by atoms with Crippen LogP contribution in [0.1, 0.15) is 37.7 Å². The third-order valence-corrected chi connectivity index (χ3v) is 5.37. The van der Waals surface area contributed by atoms with Gasteiger partial charge in [0.05, 0.1) is 25.2 Å². The van der Waals surface area contributed by atoms with Gasteiger partial charge in [-0.25, -0.2) is 0 Å². The van der Waals surface area contributed by atoms with Crippen molar-refractivity contribution in [2.24, 2.45) is 5.92 Å². The van der Waals surface area contributed by atoms with E-state index in [1.54, 1.807) is 12.4 Å². The standard InChI is InChI=1S/C20H29N3O5/c24-13-18-17(23-20(26)15-5-9-27-10-6-15)2-1-16(28-18)11-19(25)22-12-14-3-7-21-8-4-14/h3-4,7-8,15-18,24H,1-2,5-6,9-13H2,(H,22,25)(H,23,26)/t16-,17+,18-/m0/s1. The molecule has 3 heterocycles. The summed E-state index contributed by atoms with van der Waals surface area (Å²) in [6.45, 7) is 1.48. The van der Waals surface area contributed by atoms with E-state index in [9.17, 15) is 14.7 Å². The molecular weight excluding hydrogens is 362 g/mol. The van der Waals surface area contributed by atoms with Gasteiger partial charge in [-0.15, -0.1) is 0 Å². The number of nitrogens with one attached hydrogen (secondary N) is 2. The second-order valence-electron chi connectivity index (χ2n) is 7.39. The quantitative estimate of drug-likeness (QED) is 0.626. The van der Waals surface area contributed by atoms with Crippen LogP contribution in [0.4, 0.5) is 0 Å². The molecule has 8 nitrogen and oxygen atoms in total. The lowest BCUT2D eigenvalue weighted by molar-refractivity contribution is -0.139. The summed E-state index contributed by atoms with van der Waals surface area (Å²) >= 11 is 0. The van der Waals surface area contributed by atoms with Crippen LogP contribution in [0, 0.1) is 5.92 Å². The molecule has 28 heavy (non-hydrogen) atoms. The van der Waals surface area contributed by atoms with E-state index in [2.05, 4.69) is 15.6 Å². The van der Waals surface area contributed by atoms with Crippen LogP contribution in [0.2, 0.25) is 0 Å². The fourth-order valence-electron chi connectivity index (χ4n) is 3.69. The van der Waals surface area contributed by atoms with E-state index in [0.717, 1.165) is 18.4 Å².